The molecule has 0 saturated heterocycles. The molecular weight excluding hydrogens is 374 g/mol. The Bertz CT molecular complexity index is 812. The van der Waals surface area contributed by atoms with Crippen molar-refractivity contribution in [1.29, 1.82) is 0 Å². The lowest BCUT2D eigenvalue weighted by Crippen LogP contribution is -2.31. The predicted octanol–water partition coefficient (Wildman–Crippen LogP) is 4.04. The number of sulfonamides is 1. The molecular formula is C21H33N3O3S. The molecule has 1 fully saturated rings. The molecule has 0 aromatic heterocycles. The second-order valence-electron chi connectivity index (χ2n) is 8.38. The fraction of sp³-hybridized carbons (Fsp3) is 0.619. The first kappa shape index (κ1) is 22.6. The van der Waals surface area contributed by atoms with Crippen LogP contribution in [0.5, 0.6) is 0 Å². The van der Waals surface area contributed by atoms with Crippen molar-refractivity contribution >= 4 is 21.6 Å². The van der Waals surface area contributed by atoms with Crippen LogP contribution in [-0.2, 0) is 10.0 Å². The van der Waals surface area contributed by atoms with Gasteiger partial charge in [-0.1, -0.05) is 40.7 Å². The van der Waals surface area contributed by atoms with E-state index in [0.29, 0.717) is 30.0 Å². The lowest BCUT2D eigenvalue weighted by molar-refractivity contribution is 0.0954. The first-order chi connectivity index (χ1) is 13.1. The average molecular weight is 408 g/mol. The second-order valence-corrected chi connectivity index (χ2v) is 10.3. The number of benzene rings is 1. The molecule has 0 unspecified atom stereocenters. The van der Waals surface area contributed by atoms with Crippen LogP contribution in [0.15, 0.2) is 34.3 Å². The molecule has 0 spiro atoms. The maximum atomic E-state index is 12.7. The summed E-state index contributed by atoms with van der Waals surface area (Å²) in [5, 5.41) is 4.29. The van der Waals surface area contributed by atoms with Crippen LogP contribution in [0.25, 0.3) is 0 Å². The standard InChI is InChI=1S/C21H33N3O3S/c1-6-24(7-2)28(26,27)19-10-8-9-16(15-19)20(25)23-22-18-13-11-17(12-14-18)21(3,4)5/h8-10,15,17H,6-7,11-14H2,1-5H3,(H,23,25). The Balaban J connectivity index is 2.06. The Kier molecular flexibility index (Phi) is 7.39. The summed E-state index contributed by atoms with van der Waals surface area (Å²) in [5.74, 6) is 0.283. The van der Waals surface area contributed by atoms with Crippen LogP contribution in [0.2, 0.25) is 0 Å². The zero-order valence-corrected chi connectivity index (χ0v) is 18.5. The van der Waals surface area contributed by atoms with Crippen LogP contribution in [0.1, 0.15) is 70.7 Å². The Morgan fingerprint density at radius 3 is 2.32 bits per heavy atom. The van der Waals surface area contributed by atoms with E-state index in [2.05, 4.69) is 31.3 Å². The molecule has 7 heteroatoms. The number of hydrazone groups is 1. The molecule has 1 aliphatic rings. The maximum Gasteiger partial charge on any atom is 0.271 e. The van der Waals surface area contributed by atoms with Gasteiger partial charge in [0.25, 0.3) is 5.91 Å². The number of hydrogen-bond donors (Lipinski definition) is 1. The number of nitrogens with one attached hydrogen (secondary N) is 1. The summed E-state index contributed by atoms with van der Waals surface area (Å²) in [4.78, 5) is 12.6. The monoisotopic (exact) mass is 407 g/mol. The Morgan fingerprint density at radius 1 is 1.18 bits per heavy atom. The molecule has 28 heavy (non-hydrogen) atoms. The summed E-state index contributed by atoms with van der Waals surface area (Å²) in [7, 11) is -3.60. The van der Waals surface area contributed by atoms with E-state index in [-0.39, 0.29) is 10.8 Å². The van der Waals surface area contributed by atoms with E-state index in [1.807, 2.05) is 0 Å². The number of rotatable bonds is 6. The molecule has 0 heterocycles. The van der Waals surface area contributed by atoms with Crippen LogP contribution in [0.4, 0.5) is 0 Å². The lowest BCUT2D eigenvalue weighted by atomic mass is 9.72. The van der Waals surface area contributed by atoms with E-state index >= 15 is 0 Å². The van der Waals surface area contributed by atoms with Gasteiger partial charge in [-0.2, -0.15) is 9.41 Å². The van der Waals surface area contributed by atoms with Gasteiger partial charge in [-0.25, -0.2) is 13.8 Å². The van der Waals surface area contributed by atoms with Crippen molar-refractivity contribution in [1.82, 2.24) is 9.73 Å². The third-order valence-corrected chi connectivity index (χ3v) is 7.59. The van der Waals surface area contributed by atoms with Crippen LogP contribution in [0.3, 0.4) is 0 Å². The highest BCUT2D eigenvalue weighted by molar-refractivity contribution is 7.89. The molecule has 1 aromatic carbocycles. The molecule has 0 aliphatic heterocycles. The molecule has 0 radical (unpaired) electrons. The minimum Gasteiger partial charge on any atom is -0.267 e. The van der Waals surface area contributed by atoms with Gasteiger partial charge in [-0.3, -0.25) is 4.79 Å². The minimum atomic E-state index is -3.60. The number of nitrogens with zero attached hydrogens (tertiary/aromatic N) is 2. The third-order valence-electron chi connectivity index (χ3n) is 5.54. The van der Waals surface area contributed by atoms with Gasteiger partial charge in [0.2, 0.25) is 10.0 Å². The second kappa shape index (κ2) is 9.18. The van der Waals surface area contributed by atoms with Crippen LogP contribution in [0, 0.1) is 11.3 Å². The van der Waals surface area contributed by atoms with Gasteiger partial charge >= 0.3 is 0 Å². The average Bonchev–Trinajstić information content (AvgIpc) is 2.66. The van der Waals surface area contributed by atoms with Gasteiger partial charge in [0.15, 0.2) is 0 Å². The van der Waals surface area contributed by atoms with Gasteiger partial charge in [-0.05, 0) is 55.2 Å². The first-order valence-electron chi connectivity index (χ1n) is 10.1. The van der Waals surface area contributed by atoms with E-state index < -0.39 is 10.0 Å². The molecule has 1 amide bonds. The van der Waals surface area contributed by atoms with Gasteiger partial charge < -0.3 is 0 Å². The number of carbonyl (C=O) groups excluding carboxylic acids is 1. The van der Waals surface area contributed by atoms with E-state index in [1.54, 1.807) is 26.0 Å². The number of hydrogen-bond acceptors (Lipinski definition) is 4. The summed E-state index contributed by atoms with van der Waals surface area (Å²) < 4.78 is 26.7. The predicted molar refractivity (Wildman–Crippen MR) is 113 cm³/mol. The van der Waals surface area contributed by atoms with Crippen molar-refractivity contribution in [2.24, 2.45) is 16.4 Å². The van der Waals surface area contributed by atoms with E-state index in [0.717, 1.165) is 31.4 Å². The molecule has 0 atom stereocenters. The van der Waals surface area contributed by atoms with Gasteiger partial charge in [0.1, 0.15) is 0 Å². The van der Waals surface area contributed by atoms with Gasteiger partial charge in [0, 0.05) is 24.4 Å². The SMILES string of the molecule is CCN(CC)S(=O)(=O)c1cccc(C(=O)NN=C2CCC(C(C)(C)C)CC2)c1. The summed E-state index contributed by atoms with van der Waals surface area (Å²) >= 11 is 0. The molecule has 0 bridgehead atoms. The molecule has 1 N–H and O–H groups in total. The molecule has 1 aromatic rings. The first-order valence-corrected chi connectivity index (χ1v) is 11.5. The van der Waals surface area contributed by atoms with Crippen LogP contribution < -0.4 is 5.43 Å². The molecule has 156 valence electrons. The summed E-state index contributed by atoms with van der Waals surface area (Å²) in [6.45, 7) is 11.2. The molecule has 2 rings (SSSR count). The smallest absolute Gasteiger partial charge is 0.267 e. The van der Waals surface area contributed by atoms with Crippen molar-refractivity contribution < 1.29 is 13.2 Å². The molecule has 1 aliphatic carbocycles. The lowest BCUT2D eigenvalue weighted by Gasteiger charge is -2.34. The summed E-state index contributed by atoms with van der Waals surface area (Å²) in [5.41, 5.74) is 4.19. The van der Waals surface area contributed by atoms with E-state index in [1.165, 1.54) is 16.4 Å². The van der Waals surface area contributed by atoms with Crippen molar-refractivity contribution in [3.8, 4) is 0 Å². The fourth-order valence-electron chi connectivity index (χ4n) is 3.63. The molecule has 1 saturated carbocycles. The number of amides is 1. The number of carbonyl (C=O) groups is 1. The van der Waals surface area contributed by atoms with Crippen molar-refractivity contribution in [2.75, 3.05) is 13.1 Å². The topological polar surface area (TPSA) is 78.8 Å². The zero-order valence-electron chi connectivity index (χ0n) is 17.7. The minimum absolute atomic E-state index is 0.127. The maximum absolute atomic E-state index is 12.7. The largest absolute Gasteiger partial charge is 0.271 e. The van der Waals surface area contributed by atoms with Crippen LogP contribution in [-0.4, -0.2) is 37.4 Å². The quantitative estimate of drug-likeness (QED) is 0.723. The highest BCUT2D eigenvalue weighted by Gasteiger charge is 2.28. The highest BCUT2D eigenvalue weighted by atomic mass is 32.2. The van der Waals surface area contributed by atoms with Crippen LogP contribution >= 0.6 is 0 Å². The summed E-state index contributed by atoms with van der Waals surface area (Å²) in [6, 6.07) is 6.13. The van der Waals surface area contributed by atoms with Crippen molar-refractivity contribution in [3.05, 3.63) is 29.8 Å². The van der Waals surface area contributed by atoms with E-state index in [4.69, 9.17) is 0 Å². The Labute approximate surface area is 169 Å². The Morgan fingerprint density at radius 2 is 1.79 bits per heavy atom. The van der Waals surface area contributed by atoms with Crippen molar-refractivity contribution in [2.45, 2.75) is 65.2 Å². The van der Waals surface area contributed by atoms with Gasteiger partial charge in [0.05, 0.1) is 4.90 Å². The molecule has 6 nitrogen and oxygen atoms in total. The third kappa shape index (κ3) is 5.41. The normalized spacial score (nSPS) is 18.2. The zero-order chi connectivity index (χ0) is 20.9. The fourth-order valence-corrected chi connectivity index (χ4v) is 5.14. The summed E-state index contributed by atoms with van der Waals surface area (Å²) in [6.07, 6.45) is 3.93. The highest BCUT2D eigenvalue weighted by Crippen LogP contribution is 2.36. The van der Waals surface area contributed by atoms with Gasteiger partial charge in [-0.15, -0.1) is 0 Å². The van der Waals surface area contributed by atoms with E-state index in [9.17, 15) is 13.2 Å². The van der Waals surface area contributed by atoms with Crippen molar-refractivity contribution in [3.63, 3.8) is 0 Å². The Hall–Kier alpha value is -1.73.